The average molecular weight is 297 g/mol. The van der Waals surface area contributed by atoms with Crippen LogP contribution in [0.2, 0.25) is 0 Å². The Morgan fingerprint density at radius 3 is 2.52 bits per heavy atom. The van der Waals surface area contributed by atoms with Crippen LogP contribution in [0.25, 0.3) is 0 Å². The molecule has 0 spiro atoms. The molecule has 0 saturated carbocycles. The maximum Gasteiger partial charge on any atom is 0.417 e. The lowest BCUT2D eigenvalue weighted by Gasteiger charge is -2.39. The van der Waals surface area contributed by atoms with Gasteiger partial charge in [-0.05, 0) is 27.7 Å². The molecule has 0 bridgehead atoms. The molecule has 2 rings (SSSR count). The molecule has 7 heteroatoms. The largest absolute Gasteiger partial charge is 0.443 e. The standard InChI is InChI=1S/C14H23N3O4/c1-9-6-15-7-10-5-11(18)16(8-12(19)17(9)10)13(20)21-14(2,3)4/h9-10,15H,5-8H2,1-4H3/t9-,10+/m1/s1. The van der Waals surface area contributed by atoms with Crippen LogP contribution in [0.5, 0.6) is 0 Å². The van der Waals surface area contributed by atoms with Crippen molar-refractivity contribution in [1.82, 2.24) is 15.1 Å². The number of hydrogen-bond donors (Lipinski definition) is 1. The van der Waals surface area contributed by atoms with E-state index in [0.29, 0.717) is 13.1 Å². The van der Waals surface area contributed by atoms with E-state index in [2.05, 4.69) is 5.32 Å². The van der Waals surface area contributed by atoms with E-state index in [-0.39, 0.29) is 36.9 Å². The molecule has 118 valence electrons. The smallest absolute Gasteiger partial charge is 0.417 e. The molecule has 21 heavy (non-hydrogen) atoms. The normalized spacial score (nSPS) is 27.2. The average Bonchev–Trinajstić information content (AvgIpc) is 2.45. The Hall–Kier alpha value is -1.63. The molecule has 0 radical (unpaired) electrons. The summed E-state index contributed by atoms with van der Waals surface area (Å²) >= 11 is 0. The van der Waals surface area contributed by atoms with Gasteiger partial charge >= 0.3 is 6.09 Å². The Labute approximate surface area is 124 Å². The molecular formula is C14H23N3O4. The predicted molar refractivity (Wildman–Crippen MR) is 75.5 cm³/mol. The summed E-state index contributed by atoms with van der Waals surface area (Å²) in [7, 11) is 0. The van der Waals surface area contributed by atoms with Crippen molar-refractivity contribution < 1.29 is 19.1 Å². The number of rotatable bonds is 0. The van der Waals surface area contributed by atoms with Gasteiger partial charge in [0.05, 0.1) is 6.04 Å². The zero-order valence-electron chi connectivity index (χ0n) is 13.0. The Balaban J connectivity index is 2.17. The van der Waals surface area contributed by atoms with Gasteiger partial charge < -0.3 is 15.0 Å². The minimum absolute atomic E-state index is 0.0163. The number of nitrogens with one attached hydrogen (secondary N) is 1. The van der Waals surface area contributed by atoms with Crippen LogP contribution in [0.15, 0.2) is 0 Å². The zero-order valence-corrected chi connectivity index (χ0v) is 13.0. The summed E-state index contributed by atoms with van der Waals surface area (Å²) in [6, 6.07) is -0.177. The SMILES string of the molecule is C[C@@H]1CNC[C@@H]2CC(=O)N(C(=O)OC(C)(C)C)CC(=O)N21. The summed E-state index contributed by atoms with van der Waals surface area (Å²) in [5, 5.41) is 3.20. The second kappa shape index (κ2) is 5.63. The third-order valence-electron chi connectivity index (χ3n) is 3.59. The van der Waals surface area contributed by atoms with E-state index in [4.69, 9.17) is 4.74 Å². The molecule has 1 N–H and O–H groups in total. The van der Waals surface area contributed by atoms with Gasteiger partial charge in [-0.25, -0.2) is 9.69 Å². The van der Waals surface area contributed by atoms with E-state index in [9.17, 15) is 14.4 Å². The van der Waals surface area contributed by atoms with Crippen LogP contribution in [0, 0.1) is 0 Å². The molecule has 2 fully saturated rings. The number of hydrogen-bond acceptors (Lipinski definition) is 5. The number of ether oxygens (including phenoxy) is 1. The third-order valence-corrected chi connectivity index (χ3v) is 3.59. The summed E-state index contributed by atoms with van der Waals surface area (Å²) in [4.78, 5) is 39.4. The Morgan fingerprint density at radius 2 is 1.90 bits per heavy atom. The van der Waals surface area contributed by atoms with Gasteiger partial charge in [0, 0.05) is 25.6 Å². The molecule has 3 amide bonds. The Kier molecular flexibility index (Phi) is 4.22. The summed E-state index contributed by atoms with van der Waals surface area (Å²) < 4.78 is 5.21. The first-order valence-corrected chi connectivity index (χ1v) is 7.24. The van der Waals surface area contributed by atoms with Gasteiger partial charge in [0.15, 0.2) is 0 Å². The van der Waals surface area contributed by atoms with Crippen molar-refractivity contribution in [2.24, 2.45) is 0 Å². The van der Waals surface area contributed by atoms with Gasteiger partial charge in [0.1, 0.15) is 12.1 Å². The van der Waals surface area contributed by atoms with Crippen LogP contribution in [0.1, 0.15) is 34.1 Å². The number of piperazine rings is 1. The first-order valence-electron chi connectivity index (χ1n) is 7.24. The topological polar surface area (TPSA) is 79.0 Å². The third kappa shape index (κ3) is 3.53. The fourth-order valence-electron chi connectivity index (χ4n) is 2.74. The van der Waals surface area contributed by atoms with E-state index in [1.165, 1.54) is 0 Å². The number of imide groups is 1. The van der Waals surface area contributed by atoms with Crippen molar-refractivity contribution >= 4 is 17.9 Å². The van der Waals surface area contributed by atoms with Gasteiger partial charge in [-0.1, -0.05) is 0 Å². The van der Waals surface area contributed by atoms with Crippen molar-refractivity contribution in [2.45, 2.75) is 51.8 Å². The second-order valence-corrected chi connectivity index (χ2v) is 6.63. The number of amides is 3. The summed E-state index contributed by atoms with van der Waals surface area (Å²) in [6.45, 7) is 8.14. The zero-order chi connectivity index (χ0) is 15.8. The fourth-order valence-corrected chi connectivity index (χ4v) is 2.74. The quantitative estimate of drug-likeness (QED) is 0.697. The molecule has 2 aliphatic rings. The highest BCUT2D eigenvalue weighted by Gasteiger charge is 2.41. The summed E-state index contributed by atoms with van der Waals surface area (Å²) in [5.74, 6) is -0.563. The molecule has 0 aromatic rings. The number of carbonyl (C=O) groups is 3. The molecule has 0 unspecified atom stereocenters. The van der Waals surface area contributed by atoms with E-state index >= 15 is 0 Å². The van der Waals surface area contributed by atoms with Crippen LogP contribution < -0.4 is 5.32 Å². The van der Waals surface area contributed by atoms with Crippen molar-refractivity contribution in [3.63, 3.8) is 0 Å². The van der Waals surface area contributed by atoms with Crippen LogP contribution in [-0.2, 0) is 14.3 Å². The van der Waals surface area contributed by atoms with Gasteiger partial charge in [-0.15, -0.1) is 0 Å². The monoisotopic (exact) mass is 297 g/mol. The minimum Gasteiger partial charge on any atom is -0.443 e. The predicted octanol–water partition coefficient (Wildman–Crippen LogP) is 0.343. The first kappa shape index (κ1) is 15.8. The maximum absolute atomic E-state index is 12.4. The number of carbonyl (C=O) groups excluding carboxylic acids is 3. The van der Waals surface area contributed by atoms with Gasteiger partial charge in [-0.3, -0.25) is 9.59 Å². The van der Waals surface area contributed by atoms with Crippen molar-refractivity contribution in [3.8, 4) is 0 Å². The van der Waals surface area contributed by atoms with Gasteiger partial charge in [0.2, 0.25) is 11.8 Å². The Bertz CT molecular complexity index is 458. The van der Waals surface area contributed by atoms with E-state index in [0.717, 1.165) is 4.90 Å². The lowest BCUT2D eigenvalue weighted by Crippen LogP contribution is -2.58. The number of nitrogens with zero attached hydrogens (tertiary/aromatic N) is 2. The Morgan fingerprint density at radius 1 is 1.24 bits per heavy atom. The molecule has 0 aromatic heterocycles. The van der Waals surface area contributed by atoms with Gasteiger partial charge in [0.25, 0.3) is 0 Å². The lowest BCUT2D eigenvalue weighted by atomic mass is 10.1. The molecule has 2 aliphatic heterocycles. The summed E-state index contributed by atoms with van der Waals surface area (Å²) in [5.41, 5.74) is -0.700. The van der Waals surface area contributed by atoms with Crippen LogP contribution in [-0.4, -0.2) is 65.0 Å². The lowest BCUT2D eigenvalue weighted by molar-refractivity contribution is -0.137. The van der Waals surface area contributed by atoms with Crippen LogP contribution >= 0.6 is 0 Å². The van der Waals surface area contributed by atoms with Crippen molar-refractivity contribution in [1.29, 1.82) is 0 Å². The molecule has 2 atom stereocenters. The maximum atomic E-state index is 12.4. The molecular weight excluding hydrogens is 274 g/mol. The summed E-state index contributed by atoms with van der Waals surface area (Å²) in [6.07, 6.45) is -0.608. The van der Waals surface area contributed by atoms with Gasteiger partial charge in [-0.2, -0.15) is 0 Å². The molecule has 2 heterocycles. The first-order chi connectivity index (χ1) is 9.69. The van der Waals surface area contributed by atoms with E-state index in [1.807, 2.05) is 6.92 Å². The minimum atomic E-state index is -0.749. The molecule has 0 aliphatic carbocycles. The van der Waals surface area contributed by atoms with Crippen LogP contribution in [0.4, 0.5) is 4.79 Å². The van der Waals surface area contributed by atoms with Crippen molar-refractivity contribution in [2.75, 3.05) is 19.6 Å². The highest BCUT2D eigenvalue weighted by atomic mass is 16.6. The fraction of sp³-hybridized carbons (Fsp3) is 0.786. The van der Waals surface area contributed by atoms with Crippen molar-refractivity contribution in [3.05, 3.63) is 0 Å². The molecule has 0 aromatic carbocycles. The molecule has 7 nitrogen and oxygen atoms in total. The van der Waals surface area contributed by atoms with Crippen LogP contribution in [0.3, 0.4) is 0 Å². The highest BCUT2D eigenvalue weighted by Crippen LogP contribution is 2.20. The molecule has 2 saturated heterocycles. The number of fused-ring (bicyclic) bond motifs is 1. The van der Waals surface area contributed by atoms with E-state index < -0.39 is 11.7 Å². The highest BCUT2D eigenvalue weighted by molar-refractivity contribution is 5.98. The second-order valence-electron chi connectivity index (χ2n) is 6.63. The van der Waals surface area contributed by atoms with E-state index in [1.54, 1.807) is 25.7 Å².